The normalized spacial score (nSPS) is 21.2. The van der Waals surface area contributed by atoms with Crippen LogP contribution in [0.4, 0.5) is 0 Å². The number of likely N-dealkylation sites (tertiary alicyclic amines) is 1. The van der Waals surface area contributed by atoms with E-state index in [-0.39, 0.29) is 11.8 Å². The van der Waals surface area contributed by atoms with E-state index in [1.165, 1.54) is 0 Å². The van der Waals surface area contributed by atoms with E-state index in [1.807, 2.05) is 5.38 Å². The van der Waals surface area contributed by atoms with E-state index in [2.05, 4.69) is 10.9 Å². The number of carbonyl (C=O) groups is 1. The first kappa shape index (κ1) is 9.22. The second kappa shape index (κ2) is 3.81. The van der Waals surface area contributed by atoms with Gasteiger partial charge < -0.3 is 4.90 Å². The molecular formula is C10H10N2OS. The van der Waals surface area contributed by atoms with Gasteiger partial charge in [-0.15, -0.1) is 23.7 Å². The molecule has 0 radical (unpaired) electrons. The van der Waals surface area contributed by atoms with E-state index in [0.29, 0.717) is 19.5 Å². The van der Waals surface area contributed by atoms with Crippen molar-refractivity contribution in [3.8, 4) is 12.3 Å². The van der Waals surface area contributed by atoms with Crippen molar-refractivity contribution < 1.29 is 4.79 Å². The van der Waals surface area contributed by atoms with Crippen LogP contribution in [0.2, 0.25) is 0 Å². The molecular weight excluding hydrogens is 196 g/mol. The Labute approximate surface area is 86.8 Å². The Morgan fingerprint density at radius 2 is 2.64 bits per heavy atom. The van der Waals surface area contributed by atoms with E-state index in [4.69, 9.17) is 6.42 Å². The number of amides is 1. The summed E-state index contributed by atoms with van der Waals surface area (Å²) in [5.41, 5.74) is 0. The lowest BCUT2D eigenvalue weighted by Crippen LogP contribution is -2.24. The molecule has 0 aliphatic carbocycles. The maximum absolute atomic E-state index is 11.5. The van der Waals surface area contributed by atoms with E-state index in [1.54, 1.807) is 22.4 Å². The Hall–Kier alpha value is -1.34. The van der Waals surface area contributed by atoms with Crippen LogP contribution in [-0.2, 0) is 11.3 Å². The van der Waals surface area contributed by atoms with Gasteiger partial charge in [0.25, 0.3) is 0 Å². The third kappa shape index (κ3) is 1.78. The predicted octanol–water partition coefficient (Wildman–Crippen LogP) is 1.12. The third-order valence-electron chi connectivity index (χ3n) is 2.26. The van der Waals surface area contributed by atoms with Crippen molar-refractivity contribution in [1.29, 1.82) is 0 Å². The van der Waals surface area contributed by atoms with Gasteiger partial charge in [-0.2, -0.15) is 0 Å². The average molecular weight is 206 g/mol. The Kier molecular flexibility index (Phi) is 2.51. The molecule has 2 heterocycles. The van der Waals surface area contributed by atoms with E-state index < -0.39 is 0 Å². The minimum absolute atomic E-state index is 0.0856. The van der Waals surface area contributed by atoms with Crippen molar-refractivity contribution in [3.05, 3.63) is 16.6 Å². The van der Waals surface area contributed by atoms with Gasteiger partial charge in [0.2, 0.25) is 5.91 Å². The molecule has 0 saturated carbocycles. The van der Waals surface area contributed by atoms with Crippen molar-refractivity contribution in [2.24, 2.45) is 5.92 Å². The van der Waals surface area contributed by atoms with Crippen LogP contribution in [0.1, 0.15) is 11.4 Å². The summed E-state index contributed by atoms with van der Waals surface area (Å²) < 4.78 is 0. The molecule has 1 aliphatic rings. The Morgan fingerprint density at radius 3 is 3.21 bits per heavy atom. The number of hydrogen-bond acceptors (Lipinski definition) is 3. The molecule has 4 heteroatoms. The standard InChI is InChI=1S/C10H10N2OS/c1-2-8-5-10(13)12(6-8)7-9-11-3-4-14-9/h1,3-4,8H,5-7H2. The monoisotopic (exact) mass is 206 g/mol. The van der Waals surface area contributed by atoms with E-state index in [9.17, 15) is 4.79 Å². The number of rotatable bonds is 2. The molecule has 1 unspecified atom stereocenters. The molecule has 1 saturated heterocycles. The molecule has 1 aliphatic heterocycles. The summed E-state index contributed by atoms with van der Waals surface area (Å²) >= 11 is 1.56. The number of thiazole rings is 1. The first-order chi connectivity index (χ1) is 6.79. The minimum atomic E-state index is 0.0856. The summed E-state index contributed by atoms with van der Waals surface area (Å²) in [6, 6.07) is 0. The first-order valence-corrected chi connectivity index (χ1v) is 5.30. The van der Waals surface area contributed by atoms with Crippen molar-refractivity contribution in [1.82, 2.24) is 9.88 Å². The van der Waals surface area contributed by atoms with Crippen LogP contribution in [-0.4, -0.2) is 22.3 Å². The molecule has 0 aromatic carbocycles. The minimum Gasteiger partial charge on any atom is -0.335 e. The zero-order chi connectivity index (χ0) is 9.97. The van der Waals surface area contributed by atoms with Gasteiger partial charge >= 0.3 is 0 Å². The lowest BCUT2D eigenvalue weighted by atomic mass is 10.1. The second-order valence-corrected chi connectivity index (χ2v) is 4.25. The maximum atomic E-state index is 11.5. The highest BCUT2D eigenvalue weighted by Gasteiger charge is 2.28. The van der Waals surface area contributed by atoms with Crippen molar-refractivity contribution in [2.45, 2.75) is 13.0 Å². The summed E-state index contributed by atoms with van der Waals surface area (Å²) in [5.74, 6) is 2.85. The Bertz CT molecular complexity index is 366. The van der Waals surface area contributed by atoms with E-state index in [0.717, 1.165) is 5.01 Å². The molecule has 1 amide bonds. The van der Waals surface area contributed by atoms with Crippen LogP contribution in [0.15, 0.2) is 11.6 Å². The average Bonchev–Trinajstić information content (AvgIpc) is 2.78. The molecule has 3 nitrogen and oxygen atoms in total. The largest absolute Gasteiger partial charge is 0.335 e. The number of terminal acetylenes is 1. The lowest BCUT2D eigenvalue weighted by molar-refractivity contribution is -0.128. The van der Waals surface area contributed by atoms with Gasteiger partial charge in [-0.3, -0.25) is 4.79 Å². The molecule has 0 bridgehead atoms. The predicted molar refractivity (Wildman–Crippen MR) is 54.5 cm³/mol. The molecule has 0 spiro atoms. The number of carbonyl (C=O) groups excluding carboxylic acids is 1. The lowest BCUT2D eigenvalue weighted by Gasteiger charge is -2.13. The van der Waals surface area contributed by atoms with Crippen molar-refractivity contribution in [3.63, 3.8) is 0 Å². The SMILES string of the molecule is C#CC1CC(=O)N(Cc2nccs2)C1. The number of aromatic nitrogens is 1. The van der Waals surface area contributed by atoms with Gasteiger partial charge in [-0.05, 0) is 0 Å². The summed E-state index contributed by atoms with van der Waals surface area (Å²) in [7, 11) is 0. The summed E-state index contributed by atoms with van der Waals surface area (Å²) in [6.07, 6.45) is 7.53. The highest BCUT2D eigenvalue weighted by Crippen LogP contribution is 2.19. The molecule has 1 fully saturated rings. The Morgan fingerprint density at radius 1 is 1.79 bits per heavy atom. The fraction of sp³-hybridized carbons (Fsp3) is 0.400. The highest BCUT2D eigenvalue weighted by atomic mass is 32.1. The van der Waals surface area contributed by atoms with Crippen molar-refractivity contribution >= 4 is 17.2 Å². The Balaban J connectivity index is 2.00. The molecule has 1 aromatic heterocycles. The number of hydrogen-bond donors (Lipinski definition) is 0. The fourth-order valence-electron chi connectivity index (χ4n) is 1.53. The zero-order valence-electron chi connectivity index (χ0n) is 7.64. The summed E-state index contributed by atoms with van der Waals surface area (Å²) in [5, 5.41) is 2.88. The van der Waals surface area contributed by atoms with Crippen LogP contribution >= 0.6 is 11.3 Å². The highest BCUT2D eigenvalue weighted by molar-refractivity contribution is 7.09. The van der Waals surface area contributed by atoms with Crippen LogP contribution in [0.5, 0.6) is 0 Å². The molecule has 2 rings (SSSR count). The van der Waals surface area contributed by atoms with Gasteiger partial charge in [-0.1, -0.05) is 0 Å². The molecule has 72 valence electrons. The van der Waals surface area contributed by atoms with Gasteiger partial charge in [0.05, 0.1) is 6.54 Å². The van der Waals surface area contributed by atoms with Gasteiger partial charge in [0, 0.05) is 30.5 Å². The van der Waals surface area contributed by atoms with E-state index >= 15 is 0 Å². The topological polar surface area (TPSA) is 33.2 Å². The second-order valence-electron chi connectivity index (χ2n) is 3.27. The molecule has 1 atom stereocenters. The van der Waals surface area contributed by atoms with Gasteiger partial charge in [0.1, 0.15) is 5.01 Å². The molecule has 0 N–H and O–H groups in total. The van der Waals surface area contributed by atoms with Crippen molar-refractivity contribution in [2.75, 3.05) is 6.54 Å². The summed E-state index contributed by atoms with van der Waals surface area (Å²) in [6.45, 7) is 1.28. The van der Waals surface area contributed by atoms with Crippen LogP contribution in [0.25, 0.3) is 0 Å². The number of nitrogens with zero attached hydrogens (tertiary/aromatic N) is 2. The van der Waals surface area contributed by atoms with Gasteiger partial charge in [-0.25, -0.2) is 4.98 Å². The quantitative estimate of drug-likeness (QED) is 0.679. The van der Waals surface area contributed by atoms with Crippen LogP contribution in [0, 0.1) is 18.3 Å². The zero-order valence-corrected chi connectivity index (χ0v) is 8.46. The molecule has 1 aromatic rings. The maximum Gasteiger partial charge on any atom is 0.224 e. The molecule has 14 heavy (non-hydrogen) atoms. The van der Waals surface area contributed by atoms with Gasteiger partial charge in [0.15, 0.2) is 0 Å². The van der Waals surface area contributed by atoms with Crippen LogP contribution in [0.3, 0.4) is 0 Å². The fourth-order valence-corrected chi connectivity index (χ4v) is 2.16. The first-order valence-electron chi connectivity index (χ1n) is 4.42. The van der Waals surface area contributed by atoms with Crippen LogP contribution < -0.4 is 0 Å². The third-order valence-corrected chi connectivity index (χ3v) is 3.02. The smallest absolute Gasteiger partial charge is 0.224 e. The summed E-state index contributed by atoms with van der Waals surface area (Å²) in [4.78, 5) is 17.4.